The van der Waals surface area contributed by atoms with Crippen LogP contribution in [0.4, 0.5) is 0 Å². The van der Waals surface area contributed by atoms with Gasteiger partial charge in [0.25, 0.3) is 0 Å². The zero-order valence-electron chi connectivity index (χ0n) is 50.8. The van der Waals surface area contributed by atoms with E-state index in [1.807, 2.05) is 0 Å². The Balaban J connectivity index is 1.34. The molecule has 19 heteroatoms. The number of hydrogen-bond donors (Lipinski definition) is 12. The van der Waals surface area contributed by atoms with E-state index in [0.29, 0.717) is 12.8 Å². The summed E-state index contributed by atoms with van der Waals surface area (Å²) in [6.07, 6.45) is 35.6. The van der Waals surface area contributed by atoms with Gasteiger partial charge in [-0.2, -0.15) is 0 Å². The molecule has 0 aromatic heterocycles. The maximum atomic E-state index is 13.3. The lowest BCUT2D eigenvalue weighted by Gasteiger charge is -2.48. The standard InChI is InChI=1S/C66H109NO18/c1-3-5-7-9-11-12-13-14-15-16-17-18-19-20-21-22-23-24-25-26-27-28-29-30-31-32-33-34-35-36-38-40-42-44-54(72)67-49(50(71)43-41-39-37-10-8-6-4-2)48-80-64-60(78)57(75)62(52(46-69)82-64)85-66-61(79)58(76)63(53(47-70)83-66)84-65-59(77)56(74)55(73)51(45-68)81-65/h5,7-8,10-12,14-15,17-18,20-21,23-24,26-27,41,43,49-53,55-66,68-71,73-79H,3-4,6,9,13,16,19,22,25,28-40,42,44-48H2,1-2H3,(H,67,72)/b7-5-,10-8+,12-11-,15-14-,18-17-,21-20-,24-23-,27-26-,43-41+. The molecular formula is C66H109NO18. The highest BCUT2D eigenvalue weighted by Gasteiger charge is 2.53. The molecule has 0 spiro atoms. The third-order valence-corrected chi connectivity index (χ3v) is 15.0. The SMILES string of the molecule is CC/C=C\C/C=C\C/C=C\C/C=C\C/C=C\C/C=C\C/C=C\CCCCCCCCCCCCCC(=O)NC(COC1OC(CO)C(OC2OC(CO)C(OC3OC(CO)C(O)C(O)C3O)C(O)C2O)C(O)C1O)C(O)/C=C/CC/C=C/CCC. The highest BCUT2D eigenvalue weighted by atomic mass is 16.8. The molecule has 3 aliphatic rings. The molecule has 85 heavy (non-hydrogen) atoms. The number of nitrogens with one attached hydrogen (secondary N) is 1. The third-order valence-electron chi connectivity index (χ3n) is 15.0. The van der Waals surface area contributed by atoms with E-state index in [9.17, 15) is 61.0 Å². The van der Waals surface area contributed by atoms with Crippen molar-refractivity contribution in [1.82, 2.24) is 5.32 Å². The summed E-state index contributed by atoms with van der Waals surface area (Å²) in [5.74, 6) is -0.300. The number of carbonyl (C=O) groups excluding carboxylic acids is 1. The van der Waals surface area contributed by atoms with Crippen LogP contribution in [0.2, 0.25) is 0 Å². The number of carbonyl (C=O) groups is 1. The van der Waals surface area contributed by atoms with Crippen LogP contribution in [0.5, 0.6) is 0 Å². The van der Waals surface area contributed by atoms with E-state index in [2.05, 4.69) is 116 Å². The van der Waals surface area contributed by atoms with E-state index in [0.717, 1.165) is 96.3 Å². The minimum Gasteiger partial charge on any atom is -0.394 e. The Morgan fingerprint density at radius 1 is 0.435 bits per heavy atom. The lowest BCUT2D eigenvalue weighted by Crippen LogP contribution is -2.66. The summed E-state index contributed by atoms with van der Waals surface area (Å²) in [6, 6.07) is -0.995. The fraction of sp³-hybridized carbons (Fsp3) is 0.712. The lowest BCUT2D eigenvalue weighted by atomic mass is 9.96. The number of hydrogen-bond acceptors (Lipinski definition) is 18. The molecule has 486 valence electrons. The zero-order valence-corrected chi connectivity index (χ0v) is 50.8. The van der Waals surface area contributed by atoms with Gasteiger partial charge in [-0.15, -0.1) is 0 Å². The van der Waals surface area contributed by atoms with Gasteiger partial charge in [-0.05, 0) is 83.5 Å². The molecule has 17 atom stereocenters. The third kappa shape index (κ3) is 30.5. The summed E-state index contributed by atoms with van der Waals surface area (Å²) in [5, 5.41) is 120. The van der Waals surface area contributed by atoms with Crippen molar-refractivity contribution >= 4 is 5.91 Å². The summed E-state index contributed by atoms with van der Waals surface area (Å²) in [7, 11) is 0. The summed E-state index contributed by atoms with van der Waals surface area (Å²) >= 11 is 0. The van der Waals surface area contributed by atoms with Gasteiger partial charge in [0.05, 0.1) is 38.6 Å². The molecule has 0 radical (unpaired) electrons. The van der Waals surface area contributed by atoms with Gasteiger partial charge in [-0.3, -0.25) is 4.79 Å². The molecule has 17 unspecified atom stereocenters. The number of ether oxygens (including phenoxy) is 6. The number of rotatable bonds is 45. The van der Waals surface area contributed by atoms with Crippen LogP contribution in [0.25, 0.3) is 0 Å². The highest BCUT2D eigenvalue weighted by Crippen LogP contribution is 2.33. The van der Waals surface area contributed by atoms with Gasteiger partial charge in [-0.1, -0.05) is 187 Å². The summed E-state index contributed by atoms with van der Waals surface area (Å²) < 4.78 is 34.1. The Hall–Kier alpha value is -3.55. The minimum absolute atomic E-state index is 0.223. The first-order valence-electron chi connectivity index (χ1n) is 31.6. The fourth-order valence-corrected chi connectivity index (χ4v) is 9.90. The first-order valence-corrected chi connectivity index (χ1v) is 31.6. The van der Waals surface area contributed by atoms with Crippen molar-refractivity contribution in [2.75, 3.05) is 26.4 Å². The molecule has 0 saturated carbocycles. The number of aliphatic hydroxyl groups excluding tert-OH is 11. The molecular weight excluding hydrogens is 1090 g/mol. The van der Waals surface area contributed by atoms with Crippen molar-refractivity contribution in [2.24, 2.45) is 0 Å². The topological polar surface area (TPSA) is 307 Å². The van der Waals surface area contributed by atoms with E-state index < -0.39 is 124 Å². The average molecular weight is 1200 g/mol. The number of unbranched alkanes of at least 4 members (excludes halogenated alkanes) is 13. The number of allylic oxidation sites excluding steroid dienone is 17. The zero-order chi connectivity index (χ0) is 61.9. The van der Waals surface area contributed by atoms with Crippen LogP contribution in [0.3, 0.4) is 0 Å². The maximum absolute atomic E-state index is 13.3. The van der Waals surface area contributed by atoms with Gasteiger partial charge in [0, 0.05) is 6.42 Å². The van der Waals surface area contributed by atoms with Gasteiger partial charge in [0.2, 0.25) is 5.91 Å². The lowest BCUT2D eigenvalue weighted by molar-refractivity contribution is -0.379. The molecule has 1 amide bonds. The van der Waals surface area contributed by atoms with Crippen molar-refractivity contribution < 1.29 is 89.4 Å². The van der Waals surface area contributed by atoms with E-state index in [1.165, 1.54) is 38.5 Å². The Morgan fingerprint density at radius 3 is 1.31 bits per heavy atom. The minimum atomic E-state index is -1.98. The van der Waals surface area contributed by atoms with E-state index >= 15 is 0 Å². The van der Waals surface area contributed by atoms with Crippen molar-refractivity contribution in [1.29, 1.82) is 0 Å². The molecule has 3 aliphatic heterocycles. The largest absolute Gasteiger partial charge is 0.394 e. The summed E-state index contributed by atoms with van der Waals surface area (Å²) in [6.45, 7) is 1.43. The van der Waals surface area contributed by atoms with Gasteiger partial charge >= 0.3 is 0 Å². The van der Waals surface area contributed by atoms with Crippen LogP contribution in [-0.2, 0) is 33.2 Å². The average Bonchev–Trinajstić information content (AvgIpc) is 3.70. The number of aliphatic hydroxyl groups is 11. The molecule has 0 aliphatic carbocycles. The van der Waals surface area contributed by atoms with Crippen LogP contribution in [0, 0.1) is 0 Å². The molecule has 0 aromatic rings. The Kier molecular flexibility index (Phi) is 42.3. The van der Waals surface area contributed by atoms with Crippen LogP contribution in [0.1, 0.15) is 168 Å². The predicted octanol–water partition coefficient (Wildman–Crippen LogP) is 6.71. The summed E-state index contributed by atoms with van der Waals surface area (Å²) in [4.78, 5) is 13.3. The second kappa shape index (κ2) is 47.5. The molecule has 3 fully saturated rings. The molecule has 3 rings (SSSR count). The molecule has 0 bridgehead atoms. The molecule has 19 nitrogen and oxygen atoms in total. The monoisotopic (exact) mass is 1200 g/mol. The van der Waals surface area contributed by atoms with Crippen molar-refractivity contribution in [3.63, 3.8) is 0 Å². The highest BCUT2D eigenvalue weighted by molar-refractivity contribution is 5.76. The predicted molar refractivity (Wildman–Crippen MR) is 327 cm³/mol. The second-order valence-corrected chi connectivity index (χ2v) is 22.1. The van der Waals surface area contributed by atoms with Crippen LogP contribution < -0.4 is 5.32 Å². The van der Waals surface area contributed by atoms with Crippen molar-refractivity contribution in [3.05, 3.63) is 109 Å². The Morgan fingerprint density at radius 2 is 0.824 bits per heavy atom. The van der Waals surface area contributed by atoms with Gasteiger partial charge in [0.1, 0.15) is 73.2 Å². The maximum Gasteiger partial charge on any atom is 0.220 e. The van der Waals surface area contributed by atoms with Gasteiger partial charge in [0.15, 0.2) is 18.9 Å². The fourth-order valence-electron chi connectivity index (χ4n) is 9.90. The van der Waals surface area contributed by atoms with Crippen LogP contribution in [-0.4, -0.2) is 193 Å². The van der Waals surface area contributed by atoms with Crippen molar-refractivity contribution in [3.8, 4) is 0 Å². The second-order valence-electron chi connectivity index (χ2n) is 22.1. The quantitative estimate of drug-likeness (QED) is 0.0223. The molecule has 3 saturated heterocycles. The van der Waals surface area contributed by atoms with Gasteiger partial charge < -0.3 is 89.9 Å². The molecule has 0 aromatic carbocycles. The van der Waals surface area contributed by atoms with Crippen LogP contribution in [0.15, 0.2) is 109 Å². The van der Waals surface area contributed by atoms with E-state index in [-0.39, 0.29) is 18.9 Å². The first-order chi connectivity index (χ1) is 41.3. The smallest absolute Gasteiger partial charge is 0.220 e. The number of amides is 1. The normalized spacial score (nSPS) is 29.7. The molecule has 3 heterocycles. The summed E-state index contributed by atoms with van der Waals surface area (Å²) in [5.41, 5.74) is 0. The van der Waals surface area contributed by atoms with E-state index in [1.54, 1.807) is 12.2 Å². The molecule has 12 N–H and O–H groups in total. The Bertz CT molecular complexity index is 1970. The van der Waals surface area contributed by atoms with Gasteiger partial charge in [-0.25, -0.2) is 0 Å². The van der Waals surface area contributed by atoms with E-state index in [4.69, 9.17) is 28.4 Å². The van der Waals surface area contributed by atoms with Crippen LogP contribution >= 0.6 is 0 Å². The first kappa shape index (κ1) is 75.7. The van der Waals surface area contributed by atoms with Crippen molar-refractivity contribution in [2.45, 2.75) is 272 Å². The Labute approximate surface area is 506 Å².